The normalized spacial score (nSPS) is 11.3. The molecule has 0 saturated heterocycles. The molecule has 0 aromatic carbocycles. The largest absolute Gasteiger partial charge is 0.348 e. The zero-order chi connectivity index (χ0) is 16.4. The average molecular weight is 312 g/mol. The second-order valence-electron chi connectivity index (χ2n) is 5.84. The maximum atomic E-state index is 11.6. The predicted molar refractivity (Wildman–Crippen MR) is 87.2 cm³/mol. The molecule has 7 heteroatoms. The predicted octanol–water partition coefficient (Wildman–Crippen LogP) is 2.03. The number of aromatic amines is 2. The van der Waals surface area contributed by atoms with Gasteiger partial charge in [-0.1, -0.05) is 13.8 Å². The van der Waals surface area contributed by atoms with E-state index in [1.54, 1.807) is 6.33 Å². The molecule has 0 bridgehead atoms. The van der Waals surface area contributed by atoms with E-state index in [2.05, 4.69) is 25.0 Å². The summed E-state index contributed by atoms with van der Waals surface area (Å²) < 4.78 is 1.88. The first kappa shape index (κ1) is 15.2. The van der Waals surface area contributed by atoms with Crippen LogP contribution < -0.4 is 5.56 Å². The summed E-state index contributed by atoms with van der Waals surface area (Å²) in [6, 6.07) is 3.36. The second kappa shape index (κ2) is 6.20. The molecule has 120 valence electrons. The summed E-state index contributed by atoms with van der Waals surface area (Å²) >= 11 is 0. The van der Waals surface area contributed by atoms with Gasteiger partial charge >= 0.3 is 0 Å². The standard InChI is InChI=1S/C16H20N6O/c1-10(2)15-13(4-5-14(23)20-15)16-19-11(3)21-22(16)7-6-12-8-17-9-18-12/h4-5,8-10H,6-7H2,1-3H3,(H,17,18)(H,20,23). The lowest BCUT2D eigenvalue weighted by molar-refractivity contribution is 0.609. The van der Waals surface area contributed by atoms with Gasteiger partial charge in [0.1, 0.15) is 5.82 Å². The summed E-state index contributed by atoms with van der Waals surface area (Å²) in [6.07, 6.45) is 4.26. The van der Waals surface area contributed by atoms with Gasteiger partial charge in [-0.05, 0) is 18.9 Å². The monoisotopic (exact) mass is 312 g/mol. The van der Waals surface area contributed by atoms with Crippen molar-refractivity contribution < 1.29 is 0 Å². The summed E-state index contributed by atoms with van der Waals surface area (Å²) in [5, 5.41) is 4.49. The summed E-state index contributed by atoms with van der Waals surface area (Å²) in [6.45, 7) is 6.66. The highest BCUT2D eigenvalue weighted by atomic mass is 16.1. The lowest BCUT2D eigenvalue weighted by atomic mass is 10.0. The zero-order valence-electron chi connectivity index (χ0n) is 13.5. The van der Waals surface area contributed by atoms with Crippen LogP contribution in [0.3, 0.4) is 0 Å². The third-order valence-electron chi connectivity index (χ3n) is 3.69. The first-order valence-corrected chi connectivity index (χ1v) is 7.67. The summed E-state index contributed by atoms with van der Waals surface area (Å²) in [5.41, 5.74) is 2.75. The van der Waals surface area contributed by atoms with Gasteiger partial charge in [0, 0.05) is 42.2 Å². The lowest BCUT2D eigenvalue weighted by Gasteiger charge is -2.12. The number of imidazole rings is 1. The van der Waals surface area contributed by atoms with Crippen LogP contribution in [0, 0.1) is 6.92 Å². The number of nitrogens with one attached hydrogen (secondary N) is 2. The van der Waals surface area contributed by atoms with Crippen molar-refractivity contribution in [1.29, 1.82) is 0 Å². The van der Waals surface area contributed by atoms with Gasteiger partial charge in [-0.3, -0.25) is 4.79 Å². The van der Waals surface area contributed by atoms with Crippen molar-refractivity contribution in [3.63, 3.8) is 0 Å². The Morgan fingerprint density at radius 1 is 1.30 bits per heavy atom. The Balaban J connectivity index is 1.98. The van der Waals surface area contributed by atoms with Crippen molar-refractivity contribution in [2.75, 3.05) is 0 Å². The number of pyridine rings is 1. The lowest BCUT2D eigenvalue weighted by Crippen LogP contribution is -2.12. The topological polar surface area (TPSA) is 92.2 Å². The maximum Gasteiger partial charge on any atom is 0.248 e. The number of hydrogen-bond acceptors (Lipinski definition) is 4. The molecule has 0 radical (unpaired) electrons. The third kappa shape index (κ3) is 3.23. The molecule has 0 aliphatic carbocycles. The fourth-order valence-corrected chi connectivity index (χ4v) is 2.60. The molecule has 0 saturated carbocycles. The highest BCUT2D eigenvalue weighted by molar-refractivity contribution is 5.59. The number of hydrogen-bond donors (Lipinski definition) is 2. The van der Waals surface area contributed by atoms with Crippen LogP contribution in [0.4, 0.5) is 0 Å². The number of H-pyrrole nitrogens is 2. The summed E-state index contributed by atoms with van der Waals surface area (Å²) in [4.78, 5) is 26.2. The minimum Gasteiger partial charge on any atom is -0.348 e. The molecule has 0 unspecified atom stereocenters. The van der Waals surface area contributed by atoms with Crippen molar-refractivity contribution in [2.24, 2.45) is 0 Å². The molecule has 3 rings (SSSR count). The van der Waals surface area contributed by atoms with Gasteiger partial charge in [0.2, 0.25) is 5.56 Å². The summed E-state index contributed by atoms with van der Waals surface area (Å²) in [7, 11) is 0. The fraction of sp³-hybridized carbons (Fsp3) is 0.375. The number of nitrogens with zero attached hydrogens (tertiary/aromatic N) is 4. The quantitative estimate of drug-likeness (QED) is 0.754. The Morgan fingerprint density at radius 2 is 2.13 bits per heavy atom. The van der Waals surface area contributed by atoms with Crippen LogP contribution in [0.25, 0.3) is 11.4 Å². The van der Waals surface area contributed by atoms with Gasteiger partial charge in [-0.2, -0.15) is 5.10 Å². The van der Waals surface area contributed by atoms with Gasteiger partial charge in [0.25, 0.3) is 0 Å². The van der Waals surface area contributed by atoms with Gasteiger partial charge < -0.3 is 9.97 Å². The Kier molecular flexibility index (Phi) is 4.10. The van der Waals surface area contributed by atoms with E-state index in [-0.39, 0.29) is 11.5 Å². The minimum atomic E-state index is -0.0994. The van der Waals surface area contributed by atoms with Crippen LogP contribution in [-0.2, 0) is 13.0 Å². The number of aromatic nitrogens is 6. The summed E-state index contributed by atoms with van der Waals surface area (Å²) in [5.74, 6) is 1.68. The molecular weight excluding hydrogens is 292 g/mol. The third-order valence-corrected chi connectivity index (χ3v) is 3.69. The average Bonchev–Trinajstić information content (AvgIpc) is 3.14. The molecule has 3 aromatic rings. The van der Waals surface area contributed by atoms with Crippen molar-refractivity contribution in [2.45, 2.75) is 39.7 Å². The van der Waals surface area contributed by atoms with Gasteiger partial charge in [0.05, 0.1) is 6.33 Å². The van der Waals surface area contributed by atoms with E-state index in [0.717, 1.165) is 29.2 Å². The molecule has 3 aromatic heterocycles. The van der Waals surface area contributed by atoms with E-state index in [4.69, 9.17) is 0 Å². The molecule has 0 atom stereocenters. The Hall–Kier alpha value is -2.70. The molecule has 0 spiro atoms. The molecule has 0 amide bonds. The SMILES string of the molecule is Cc1nc(-c2ccc(=O)[nH]c2C(C)C)n(CCc2cnc[nH]2)n1. The smallest absolute Gasteiger partial charge is 0.248 e. The van der Waals surface area contributed by atoms with Gasteiger partial charge in [-0.25, -0.2) is 14.6 Å². The van der Waals surface area contributed by atoms with Crippen LogP contribution >= 0.6 is 0 Å². The molecule has 2 N–H and O–H groups in total. The molecule has 0 fully saturated rings. The first-order chi connectivity index (χ1) is 11.0. The maximum absolute atomic E-state index is 11.6. The van der Waals surface area contributed by atoms with E-state index in [9.17, 15) is 4.79 Å². The number of aryl methyl sites for hydroxylation is 3. The van der Waals surface area contributed by atoms with E-state index in [0.29, 0.717) is 12.4 Å². The molecule has 0 aliphatic rings. The van der Waals surface area contributed by atoms with Gasteiger partial charge in [0.15, 0.2) is 5.82 Å². The van der Waals surface area contributed by atoms with Crippen LogP contribution in [0.2, 0.25) is 0 Å². The van der Waals surface area contributed by atoms with Crippen LogP contribution in [-0.4, -0.2) is 29.7 Å². The van der Waals surface area contributed by atoms with E-state index in [1.165, 1.54) is 6.07 Å². The minimum absolute atomic E-state index is 0.0994. The first-order valence-electron chi connectivity index (χ1n) is 7.67. The molecular formula is C16H20N6O. The highest BCUT2D eigenvalue weighted by Gasteiger charge is 2.16. The second-order valence-corrected chi connectivity index (χ2v) is 5.84. The van der Waals surface area contributed by atoms with Crippen LogP contribution in [0.15, 0.2) is 29.5 Å². The van der Waals surface area contributed by atoms with E-state index < -0.39 is 0 Å². The van der Waals surface area contributed by atoms with Crippen LogP contribution in [0.5, 0.6) is 0 Å². The van der Waals surface area contributed by atoms with Crippen molar-refractivity contribution in [1.82, 2.24) is 29.7 Å². The highest BCUT2D eigenvalue weighted by Crippen LogP contribution is 2.25. The van der Waals surface area contributed by atoms with Crippen LogP contribution in [0.1, 0.15) is 37.0 Å². The number of rotatable bonds is 5. The van der Waals surface area contributed by atoms with Crippen molar-refractivity contribution in [3.8, 4) is 11.4 Å². The van der Waals surface area contributed by atoms with Crippen molar-refractivity contribution >= 4 is 0 Å². The Labute approximate surface area is 133 Å². The zero-order valence-corrected chi connectivity index (χ0v) is 13.5. The fourth-order valence-electron chi connectivity index (χ4n) is 2.60. The Morgan fingerprint density at radius 3 is 2.83 bits per heavy atom. The van der Waals surface area contributed by atoms with Crippen molar-refractivity contribution in [3.05, 3.63) is 52.2 Å². The molecule has 23 heavy (non-hydrogen) atoms. The Bertz CT molecular complexity index is 844. The van der Waals surface area contributed by atoms with E-state index >= 15 is 0 Å². The van der Waals surface area contributed by atoms with Gasteiger partial charge in [-0.15, -0.1) is 0 Å². The molecule has 0 aliphatic heterocycles. The molecule has 3 heterocycles. The molecule has 7 nitrogen and oxygen atoms in total. The van der Waals surface area contributed by atoms with E-state index in [1.807, 2.05) is 37.7 Å².